The summed E-state index contributed by atoms with van der Waals surface area (Å²) in [7, 11) is -3.40. The van der Waals surface area contributed by atoms with Gasteiger partial charge >= 0.3 is 0 Å². The average Bonchev–Trinajstić information content (AvgIpc) is 2.66. The largest absolute Gasteiger partial charge is 0.340 e. The first-order chi connectivity index (χ1) is 12.9. The molecule has 1 atom stereocenters. The van der Waals surface area contributed by atoms with Crippen molar-refractivity contribution in [2.45, 2.75) is 6.04 Å². The molecule has 0 aliphatic rings. The summed E-state index contributed by atoms with van der Waals surface area (Å²) in [5.74, 6) is 0. The minimum Gasteiger partial charge on any atom is -0.340 e. The summed E-state index contributed by atoms with van der Waals surface area (Å²) in [6.45, 7) is 0.433. The smallest absolute Gasteiger partial charge is 0.209 e. The van der Waals surface area contributed by atoms with Gasteiger partial charge in [0.1, 0.15) is 0 Å². The van der Waals surface area contributed by atoms with Crippen molar-refractivity contribution < 1.29 is 8.42 Å². The van der Waals surface area contributed by atoms with Crippen molar-refractivity contribution in [1.29, 1.82) is 0 Å². The highest BCUT2D eigenvalue weighted by atomic mass is 35.5. The fraction of sp³-hybridized carbons (Fsp3) is 0.143. The summed E-state index contributed by atoms with van der Waals surface area (Å²) in [5, 5.41) is 0.611. The van der Waals surface area contributed by atoms with Crippen LogP contribution in [-0.2, 0) is 10.0 Å². The van der Waals surface area contributed by atoms with E-state index < -0.39 is 16.1 Å². The fourth-order valence-corrected chi connectivity index (χ4v) is 3.78. The Hall–Kier alpha value is -2.34. The summed E-state index contributed by atoms with van der Waals surface area (Å²) in [5.41, 5.74) is 2.82. The van der Waals surface area contributed by atoms with Gasteiger partial charge in [0.2, 0.25) is 10.0 Å². The second-order valence-corrected chi connectivity index (χ2v) is 8.49. The molecule has 3 aromatic rings. The number of hydrogen-bond acceptors (Lipinski definition) is 3. The highest BCUT2D eigenvalue weighted by Crippen LogP contribution is 2.28. The second-order valence-electron chi connectivity index (χ2n) is 6.28. The maximum Gasteiger partial charge on any atom is 0.209 e. The van der Waals surface area contributed by atoms with Gasteiger partial charge in [-0.1, -0.05) is 60.1 Å². The van der Waals surface area contributed by atoms with Crippen LogP contribution >= 0.6 is 11.6 Å². The molecule has 0 fully saturated rings. The molecule has 1 unspecified atom stereocenters. The quantitative estimate of drug-likeness (QED) is 0.621. The van der Waals surface area contributed by atoms with E-state index in [1.807, 2.05) is 72.8 Å². The van der Waals surface area contributed by atoms with Gasteiger partial charge in [-0.15, -0.1) is 0 Å². The zero-order valence-corrected chi connectivity index (χ0v) is 16.5. The van der Waals surface area contributed by atoms with E-state index in [-0.39, 0.29) is 0 Å². The minimum atomic E-state index is -3.40. The van der Waals surface area contributed by atoms with Crippen molar-refractivity contribution in [1.82, 2.24) is 4.72 Å². The van der Waals surface area contributed by atoms with Crippen LogP contribution in [0.15, 0.2) is 84.9 Å². The van der Waals surface area contributed by atoms with Crippen LogP contribution in [0.2, 0.25) is 5.02 Å². The lowest BCUT2D eigenvalue weighted by Crippen LogP contribution is -2.35. The maximum absolute atomic E-state index is 12.0. The number of nitrogens with one attached hydrogen (secondary N) is 1. The number of benzene rings is 3. The molecule has 27 heavy (non-hydrogen) atoms. The van der Waals surface area contributed by atoms with Crippen LogP contribution < -0.4 is 9.62 Å². The molecule has 6 heteroatoms. The number of rotatable bonds is 7. The third kappa shape index (κ3) is 5.57. The Kier molecular flexibility index (Phi) is 6.16. The van der Waals surface area contributed by atoms with Gasteiger partial charge in [-0.05, 0) is 42.0 Å². The third-order valence-electron chi connectivity index (χ3n) is 4.13. The standard InChI is InChI=1S/C21H21ClN2O2S/c1-27(25,26)23-21(17-12-14-18(22)15-13-17)16-24(19-8-4-2-5-9-19)20-10-6-3-7-11-20/h2-15,21,23H,16H2,1H3. The third-order valence-corrected chi connectivity index (χ3v) is 5.09. The zero-order chi connectivity index (χ0) is 19.3. The molecule has 0 heterocycles. The van der Waals surface area contributed by atoms with Crippen molar-refractivity contribution in [3.8, 4) is 0 Å². The lowest BCUT2D eigenvalue weighted by molar-refractivity contribution is 0.562. The first-order valence-corrected chi connectivity index (χ1v) is 10.8. The molecule has 140 valence electrons. The first-order valence-electron chi connectivity index (χ1n) is 8.53. The normalized spacial score (nSPS) is 12.5. The summed E-state index contributed by atoms with van der Waals surface area (Å²) in [6, 6.07) is 26.6. The highest BCUT2D eigenvalue weighted by molar-refractivity contribution is 7.88. The van der Waals surface area contributed by atoms with Gasteiger partial charge in [0.25, 0.3) is 0 Å². The second kappa shape index (κ2) is 8.57. The average molecular weight is 401 g/mol. The molecule has 0 spiro atoms. The lowest BCUT2D eigenvalue weighted by Gasteiger charge is -2.30. The predicted octanol–water partition coefficient (Wildman–Crippen LogP) is 4.77. The highest BCUT2D eigenvalue weighted by Gasteiger charge is 2.21. The van der Waals surface area contributed by atoms with Gasteiger partial charge in [-0.3, -0.25) is 0 Å². The van der Waals surface area contributed by atoms with Gasteiger partial charge < -0.3 is 4.90 Å². The van der Waals surface area contributed by atoms with Crippen LogP contribution in [0, 0.1) is 0 Å². The molecular weight excluding hydrogens is 380 g/mol. The molecule has 3 aromatic carbocycles. The Balaban J connectivity index is 2.00. The number of halogens is 1. The number of anilines is 2. The molecule has 3 rings (SSSR count). The van der Waals surface area contributed by atoms with Crippen LogP contribution in [0.5, 0.6) is 0 Å². The van der Waals surface area contributed by atoms with Crippen LogP contribution in [0.4, 0.5) is 11.4 Å². The molecule has 0 saturated heterocycles. The minimum absolute atomic E-state index is 0.433. The molecule has 1 N–H and O–H groups in total. The van der Waals surface area contributed by atoms with E-state index in [4.69, 9.17) is 11.6 Å². The SMILES string of the molecule is CS(=O)(=O)NC(CN(c1ccccc1)c1ccccc1)c1ccc(Cl)cc1. The van der Waals surface area contributed by atoms with Crippen molar-refractivity contribution in [2.75, 3.05) is 17.7 Å². The molecule has 0 aromatic heterocycles. The van der Waals surface area contributed by atoms with Crippen molar-refractivity contribution in [2.24, 2.45) is 0 Å². The van der Waals surface area contributed by atoms with Crippen LogP contribution in [0.1, 0.15) is 11.6 Å². The summed E-state index contributed by atoms with van der Waals surface area (Å²) >= 11 is 6.00. The van der Waals surface area contributed by atoms with E-state index in [2.05, 4.69) is 9.62 Å². The van der Waals surface area contributed by atoms with E-state index in [0.717, 1.165) is 16.9 Å². The van der Waals surface area contributed by atoms with Crippen molar-refractivity contribution in [3.63, 3.8) is 0 Å². The van der Waals surface area contributed by atoms with Gasteiger partial charge in [0, 0.05) is 22.9 Å². The van der Waals surface area contributed by atoms with Crippen LogP contribution in [-0.4, -0.2) is 21.2 Å². The number of sulfonamides is 1. The zero-order valence-electron chi connectivity index (χ0n) is 14.9. The monoisotopic (exact) mass is 400 g/mol. The predicted molar refractivity (Wildman–Crippen MR) is 112 cm³/mol. The molecule has 0 aliphatic heterocycles. The van der Waals surface area contributed by atoms with E-state index in [9.17, 15) is 8.42 Å². The van der Waals surface area contributed by atoms with E-state index in [1.54, 1.807) is 12.1 Å². The molecule has 0 bridgehead atoms. The molecule has 0 aliphatic carbocycles. The number of para-hydroxylation sites is 2. The van der Waals surface area contributed by atoms with Gasteiger partial charge in [-0.2, -0.15) is 0 Å². The van der Waals surface area contributed by atoms with E-state index >= 15 is 0 Å². The molecule has 4 nitrogen and oxygen atoms in total. The lowest BCUT2D eigenvalue weighted by atomic mass is 10.1. The van der Waals surface area contributed by atoms with Gasteiger partial charge in [0.05, 0.1) is 12.3 Å². The van der Waals surface area contributed by atoms with E-state index in [1.165, 1.54) is 6.26 Å². The van der Waals surface area contributed by atoms with Crippen molar-refractivity contribution in [3.05, 3.63) is 95.5 Å². The van der Waals surface area contributed by atoms with Gasteiger partial charge in [0.15, 0.2) is 0 Å². The Labute approximate surface area is 165 Å². The summed E-state index contributed by atoms with van der Waals surface area (Å²) < 4.78 is 26.7. The summed E-state index contributed by atoms with van der Waals surface area (Å²) in [6.07, 6.45) is 1.17. The molecular formula is C21H21ClN2O2S. The molecule has 0 amide bonds. The van der Waals surface area contributed by atoms with Gasteiger partial charge in [-0.25, -0.2) is 13.1 Å². The number of nitrogens with zero attached hydrogens (tertiary/aromatic N) is 1. The first kappa shape index (κ1) is 19.4. The van der Waals surface area contributed by atoms with E-state index in [0.29, 0.717) is 11.6 Å². The Bertz CT molecular complexity index is 923. The van der Waals surface area contributed by atoms with Crippen LogP contribution in [0.25, 0.3) is 0 Å². The fourth-order valence-electron chi connectivity index (χ4n) is 2.92. The molecule has 0 radical (unpaired) electrons. The Morgan fingerprint density at radius 2 is 1.33 bits per heavy atom. The number of hydrogen-bond donors (Lipinski definition) is 1. The van der Waals surface area contributed by atoms with Crippen molar-refractivity contribution >= 4 is 33.0 Å². The maximum atomic E-state index is 12.0. The Morgan fingerprint density at radius 3 is 1.78 bits per heavy atom. The Morgan fingerprint density at radius 1 is 0.852 bits per heavy atom. The topological polar surface area (TPSA) is 49.4 Å². The molecule has 0 saturated carbocycles. The summed E-state index contributed by atoms with van der Waals surface area (Å²) in [4.78, 5) is 2.09. The van der Waals surface area contributed by atoms with Crippen LogP contribution in [0.3, 0.4) is 0 Å².